The van der Waals surface area contributed by atoms with E-state index in [4.69, 9.17) is 44.3 Å². The molecule has 0 saturated carbocycles. The predicted octanol–water partition coefficient (Wildman–Crippen LogP) is 2.64. The van der Waals surface area contributed by atoms with Crippen LogP contribution in [0.1, 0.15) is 34.3 Å². The molecule has 1 aromatic carbocycles. The molecule has 0 aliphatic carbocycles. The molecule has 5 rings (SSSR count). The zero-order chi connectivity index (χ0) is 35.6. The van der Waals surface area contributed by atoms with Crippen molar-refractivity contribution >= 4 is 64.6 Å². The van der Waals surface area contributed by atoms with Gasteiger partial charge in [-0.25, -0.2) is 14.6 Å². The zero-order valence-corrected chi connectivity index (χ0v) is 26.2. The Labute approximate surface area is 281 Å². The molecule has 262 valence electrons. The van der Waals surface area contributed by atoms with E-state index in [0.29, 0.717) is 0 Å². The second-order valence-corrected chi connectivity index (χ2v) is 13.6. The number of imide groups is 1. The highest BCUT2D eigenvalue weighted by Crippen LogP contribution is 2.42. The Morgan fingerprint density at radius 3 is 2.33 bits per heavy atom. The molecule has 4 N–H and O–H groups in total. The first-order valence-electron chi connectivity index (χ1n) is 13.7. The minimum absolute atomic E-state index is 0.0205. The molecule has 1 spiro atoms. The van der Waals surface area contributed by atoms with Crippen LogP contribution in [0.3, 0.4) is 0 Å². The Kier molecular flexibility index (Phi) is 9.15. The lowest BCUT2D eigenvalue weighted by Gasteiger charge is -2.47. The highest BCUT2D eigenvalue weighted by atomic mass is 35.6. The third-order valence-corrected chi connectivity index (χ3v) is 8.26. The first kappa shape index (κ1) is 35.6. The first-order chi connectivity index (χ1) is 22.1. The highest BCUT2D eigenvalue weighted by Gasteiger charge is 2.67. The number of hydrogen-bond acceptors (Lipinski definition) is 11. The third kappa shape index (κ3) is 6.77. The van der Waals surface area contributed by atoms with Crippen molar-refractivity contribution in [2.75, 3.05) is 19.7 Å². The fourth-order valence-electron chi connectivity index (χ4n) is 5.95. The minimum atomic E-state index is -5.27. The Hall–Kier alpha value is -3.68. The number of carbonyl (C=O) groups is 4. The lowest BCUT2D eigenvalue weighted by Crippen LogP contribution is -2.73. The minimum Gasteiger partial charge on any atom is -0.454 e. The van der Waals surface area contributed by atoms with E-state index in [1.54, 1.807) is 0 Å². The molecule has 48 heavy (non-hydrogen) atoms. The van der Waals surface area contributed by atoms with E-state index < -0.39 is 106 Å². The van der Waals surface area contributed by atoms with E-state index in [1.807, 2.05) is 0 Å². The summed E-state index contributed by atoms with van der Waals surface area (Å²) in [6, 6.07) is -2.07. The highest BCUT2D eigenvalue weighted by molar-refractivity contribution is 6.67. The molecule has 22 heteroatoms. The maximum absolute atomic E-state index is 13.7. The van der Waals surface area contributed by atoms with Crippen molar-refractivity contribution in [1.82, 2.24) is 25.8 Å². The van der Waals surface area contributed by atoms with E-state index in [-0.39, 0.29) is 43.4 Å². The first-order valence-corrected chi connectivity index (χ1v) is 14.9. The van der Waals surface area contributed by atoms with Crippen molar-refractivity contribution in [2.45, 2.75) is 58.9 Å². The normalized spacial score (nSPS) is 27.2. The number of ether oxygens (including phenoxy) is 2. The molecule has 3 saturated heterocycles. The van der Waals surface area contributed by atoms with E-state index >= 15 is 0 Å². The molecular weight excluding hydrogens is 729 g/mol. The van der Waals surface area contributed by atoms with Gasteiger partial charge < -0.3 is 30.1 Å². The second kappa shape index (κ2) is 12.3. The van der Waals surface area contributed by atoms with Gasteiger partial charge in [0.1, 0.15) is 18.8 Å². The van der Waals surface area contributed by atoms with Crippen molar-refractivity contribution < 1.29 is 60.1 Å². The number of nitrogens with one attached hydrogen (secondary N) is 3. The van der Waals surface area contributed by atoms with Crippen molar-refractivity contribution in [3.05, 3.63) is 47.3 Å². The van der Waals surface area contributed by atoms with Crippen LogP contribution in [0.25, 0.3) is 0 Å². The smallest absolute Gasteiger partial charge is 0.417 e. The fraction of sp³-hybridized carbons (Fsp3) is 0.500. The summed E-state index contributed by atoms with van der Waals surface area (Å²) in [5, 5.41) is 19.7. The lowest BCUT2D eigenvalue weighted by molar-refractivity contribution is -0.141. The number of alkyl carbamates (subject to hydrolysis) is 1. The Bertz CT molecular complexity index is 1570. The molecular formula is C26H23Cl3F6N6O7. The standard InChI is InChI=1S/C26H23Cl3F6N6O7/c1-10-36-18-14(7-40-16(42)4-5-17(40)43)37-21(38-22(46)47-9-23(27,28)29)41-8-15(19(44)24(18,41)39-10)48-20(45)12-6-11(25(30,31)32)2-3-13(12)26(33,34)35/h2-3,6,14-15,18-19,36,39,44H,1,4-5,7-9H2,(H,37,38,46)/t14-,15-,18-,19-,24-/m0/s1. The van der Waals surface area contributed by atoms with Crippen LogP contribution in [0.2, 0.25) is 0 Å². The number of carbonyl (C=O) groups excluding carboxylic acids is 4. The number of nitrogens with zero attached hydrogens (tertiary/aromatic N) is 3. The van der Waals surface area contributed by atoms with Crippen LogP contribution in [0, 0.1) is 0 Å². The molecule has 4 heterocycles. The number of rotatable bonds is 5. The van der Waals surface area contributed by atoms with E-state index in [0.717, 1.165) is 9.80 Å². The summed E-state index contributed by atoms with van der Waals surface area (Å²) < 4.78 is 89.4. The number of aliphatic hydroxyl groups is 1. The SMILES string of the molecule is C=C1N[C@H]2[C@H](CN3C(=O)CCC3=O)N=C(NC(=O)OCC(Cl)(Cl)Cl)N3C[C@H](OC(=O)c4cc(C(F)(F)F)ccc4C(F)(F)F)[C@H](O)[C@]23N1. The van der Waals surface area contributed by atoms with Gasteiger partial charge in [-0.1, -0.05) is 41.4 Å². The van der Waals surface area contributed by atoms with Gasteiger partial charge in [0.25, 0.3) is 0 Å². The van der Waals surface area contributed by atoms with Crippen molar-refractivity contribution in [3.63, 3.8) is 0 Å². The molecule has 0 aromatic heterocycles. The molecule has 3 fully saturated rings. The predicted molar refractivity (Wildman–Crippen MR) is 152 cm³/mol. The molecule has 0 bridgehead atoms. The number of aliphatic imine (C=N–C) groups is 1. The number of benzene rings is 1. The van der Waals surface area contributed by atoms with E-state index in [9.17, 15) is 50.6 Å². The summed E-state index contributed by atoms with van der Waals surface area (Å²) in [5.41, 5.74) is -6.66. The van der Waals surface area contributed by atoms with Gasteiger partial charge >= 0.3 is 24.4 Å². The summed E-state index contributed by atoms with van der Waals surface area (Å²) in [5.74, 6) is -3.30. The van der Waals surface area contributed by atoms with E-state index in [1.165, 1.54) is 0 Å². The molecule has 0 radical (unpaired) electrons. The average Bonchev–Trinajstić information content (AvgIpc) is 3.58. The molecule has 13 nitrogen and oxygen atoms in total. The molecule has 5 atom stereocenters. The summed E-state index contributed by atoms with van der Waals surface area (Å²) in [7, 11) is 0. The number of guanidine groups is 1. The van der Waals surface area contributed by atoms with Crippen LogP contribution in [0.5, 0.6) is 0 Å². The van der Waals surface area contributed by atoms with Crippen molar-refractivity contribution in [3.8, 4) is 0 Å². The van der Waals surface area contributed by atoms with Crippen LogP contribution in [0.15, 0.2) is 35.6 Å². The van der Waals surface area contributed by atoms with E-state index in [2.05, 4.69) is 27.5 Å². The Balaban J connectivity index is 1.51. The summed E-state index contributed by atoms with van der Waals surface area (Å²) in [6.07, 6.45) is -15.5. The maximum Gasteiger partial charge on any atom is 0.417 e. The van der Waals surface area contributed by atoms with Crippen LogP contribution >= 0.6 is 34.8 Å². The fourth-order valence-corrected chi connectivity index (χ4v) is 6.11. The number of esters is 1. The van der Waals surface area contributed by atoms with Gasteiger partial charge in [0, 0.05) is 12.8 Å². The van der Waals surface area contributed by atoms with Gasteiger partial charge in [0.2, 0.25) is 21.6 Å². The molecule has 0 unspecified atom stereocenters. The van der Waals surface area contributed by atoms with Gasteiger partial charge in [-0.2, -0.15) is 26.3 Å². The number of likely N-dealkylation sites (tertiary alicyclic amines) is 1. The van der Waals surface area contributed by atoms with Crippen molar-refractivity contribution in [2.24, 2.45) is 4.99 Å². The Morgan fingerprint density at radius 1 is 1.10 bits per heavy atom. The number of aliphatic hydroxyl groups excluding tert-OH is 1. The molecule has 1 aromatic rings. The lowest BCUT2D eigenvalue weighted by atomic mass is 9.88. The van der Waals surface area contributed by atoms with Gasteiger partial charge in [-0.3, -0.25) is 19.8 Å². The van der Waals surface area contributed by atoms with Crippen LogP contribution in [-0.4, -0.2) is 98.2 Å². The average molecular weight is 752 g/mol. The summed E-state index contributed by atoms with van der Waals surface area (Å²) in [4.78, 5) is 57.2. The number of hydrogen-bond donors (Lipinski definition) is 4. The van der Waals surface area contributed by atoms with Gasteiger partial charge in [-0.05, 0) is 18.2 Å². The number of amides is 3. The van der Waals surface area contributed by atoms with Gasteiger partial charge in [-0.15, -0.1) is 0 Å². The van der Waals surface area contributed by atoms with Crippen molar-refractivity contribution in [1.29, 1.82) is 0 Å². The summed E-state index contributed by atoms with van der Waals surface area (Å²) >= 11 is 16.9. The molecule has 4 aliphatic heterocycles. The quantitative estimate of drug-likeness (QED) is 0.152. The Morgan fingerprint density at radius 2 is 1.75 bits per heavy atom. The molecule has 3 amide bonds. The zero-order valence-electron chi connectivity index (χ0n) is 23.9. The van der Waals surface area contributed by atoms with Gasteiger partial charge in [0.15, 0.2) is 5.66 Å². The topological polar surface area (TPSA) is 162 Å². The maximum atomic E-state index is 13.7. The summed E-state index contributed by atoms with van der Waals surface area (Å²) in [6.45, 7) is 2.00. The van der Waals surface area contributed by atoms with Gasteiger partial charge in [0.05, 0.1) is 47.7 Å². The van der Waals surface area contributed by atoms with Crippen LogP contribution in [-0.2, 0) is 31.4 Å². The monoisotopic (exact) mass is 750 g/mol. The third-order valence-electron chi connectivity index (χ3n) is 7.93. The number of alkyl halides is 9. The van der Waals surface area contributed by atoms with Crippen LogP contribution in [0.4, 0.5) is 31.1 Å². The number of halogens is 9. The largest absolute Gasteiger partial charge is 0.454 e. The second-order valence-electron chi connectivity index (χ2n) is 11.0. The van der Waals surface area contributed by atoms with Crippen LogP contribution < -0.4 is 16.0 Å². The molecule has 4 aliphatic rings.